The zero-order chi connectivity index (χ0) is 15.6. The number of hydrogen-bond acceptors (Lipinski definition) is 3. The fourth-order valence-electron chi connectivity index (χ4n) is 3.43. The van der Waals surface area contributed by atoms with Crippen molar-refractivity contribution in [2.24, 2.45) is 11.8 Å². The van der Waals surface area contributed by atoms with E-state index in [0.717, 1.165) is 12.3 Å². The van der Waals surface area contributed by atoms with E-state index in [-0.39, 0.29) is 12.1 Å². The van der Waals surface area contributed by atoms with Gasteiger partial charge >= 0.3 is 0 Å². The van der Waals surface area contributed by atoms with Crippen molar-refractivity contribution < 1.29 is 9.47 Å². The van der Waals surface area contributed by atoms with Gasteiger partial charge in [0.05, 0.1) is 24.3 Å². The Labute approximate surface area is 133 Å². The first-order valence-corrected chi connectivity index (χ1v) is 8.09. The lowest BCUT2D eigenvalue weighted by Gasteiger charge is -2.30. The second-order valence-electron chi connectivity index (χ2n) is 5.91. The molecule has 0 spiro atoms. The summed E-state index contributed by atoms with van der Waals surface area (Å²) in [5.74, 6) is 1.67. The van der Waals surface area contributed by atoms with Crippen LogP contribution < -0.4 is 10.1 Å². The molecule has 118 valence electrons. The predicted octanol–water partition coefficient (Wildman–Crippen LogP) is 4.06. The highest BCUT2D eigenvalue weighted by Crippen LogP contribution is 2.41. The van der Waals surface area contributed by atoms with Crippen LogP contribution in [0.4, 0.5) is 0 Å². The van der Waals surface area contributed by atoms with Crippen LogP contribution in [0.25, 0.3) is 0 Å². The van der Waals surface area contributed by atoms with Crippen LogP contribution in [-0.4, -0.2) is 25.9 Å². The molecular weight excluding hydrogens is 286 g/mol. The molecule has 0 bridgehead atoms. The van der Waals surface area contributed by atoms with Crippen molar-refractivity contribution in [3.05, 3.63) is 28.8 Å². The molecule has 1 aliphatic rings. The van der Waals surface area contributed by atoms with E-state index in [9.17, 15) is 0 Å². The monoisotopic (exact) mass is 311 g/mol. The van der Waals surface area contributed by atoms with E-state index >= 15 is 0 Å². The lowest BCUT2D eigenvalue weighted by Crippen LogP contribution is -2.35. The predicted molar refractivity (Wildman–Crippen MR) is 87.1 cm³/mol. The summed E-state index contributed by atoms with van der Waals surface area (Å²) in [6.45, 7) is 9.65. The summed E-state index contributed by atoms with van der Waals surface area (Å²) in [6.07, 6.45) is 0.529. The summed E-state index contributed by atoms with van der Waals surface area (Å²) >= 11 is 6.15. The van der Waals surface area contributed by atoms with E-state index in [4.69, 9.17) is 21.1 Å². The van der Waals surface area contributed by atoms with E-state index in [0.29, 0.717) is 23.0 Å². The van der Waals surface area contributed by atoms with E-state index in [1.807, 2.05) is 12.1 Å². The van der Waals surface area contributed by atoms with E-state index < -0.39 is 0 Å². The molecule has 1 aromatic rings. The van der Waals surface area contributed by atoms with Crippen molar-refractivity contribution in [2.45, 2.75) is 45.9 Å². The molecule has 1 fully saturated rings. The molecule has 5 atom stereocenters. The van der Waals surface area contributed by atoms with Crippen molar-refractivity contribution in [1.29, 1.82) is 0 Å². The van der Waals surface area contributed by atoms with E-state index in [1.54, 1.807) is 7.11 Å². The third kappa shape index (κ3) is 3.36. The Bertz CT molecular complexity index is 480. The average molecular weight is 312 g/mol. The Morgan fingerprint density at radius 3 is 2.52 bits per heavy atom. The molecule has 0 amide bonds. The maximum Gasteiger partial charge on any atom is 0.137 e. The van der Waals surface area contributed by atoms with Crippen molar-refractivity contribution >= 4 is 11.6 Å². The van der Waals surface area contributed by atoms with Gasteiger partial charge in [-0.05, 0) is 44.0 Å². The Morgan fingerprint density at radius 1 is 1.29 bits per heavy atom. The van der Waals surface area contributed by atoms with Gasteiger partial charge in [0.15, 0.2) is 0 Å². The van der Waals surface area contributed by atoms with Crippen molar-refractivity contribution in [2.75, 3.05) is 13.7 Å². The minimum absolute atomic E-state index is 0.237. The van der Waals surface area contributed by atoms with Crippen LogP contribution in [0.1, 0.15) is 39.3 Å². The normalized spacial score (nSPS) is 30.4. The van der Waals surface area contributed by atoms with Crippen LogP contribution in [0, 0.1) is 11.8 Å². The van der Waals surface area contributed by atoms with Crippen LogP contribution in [0.2, 0.25) is 5.02 Å². The molecule has 0 aliphatic carbocycles. The minimum Gasteiger partial charge on any atom is -0.495 e. The molecule has 3 nitrogen and oxygen atoms in total. The number of halogens is 1. The lowest BCUT2D eigenvalue weighted by molar-refractivity contribution is 0.0475. The Morgan fingerprint density at radius 2 is 2.00 bits per heavy atom. The molecule has 0 saturated carbocycles. The maximum atomic E-state index is 6.15. The van der Waals surface area contributed by atoms with Crippen molar-refractivity contribution in [3.63, 3.8) is 0 Å². The third-order valence-electron chi connectivity index (χ3n) is 4.66. The maximum absolute atomic E-state index is 6.15. The first-order valence-electron chi connectivity index (χ1n) is 7.71. The average Bonchev–Trinajstić information content (AvgIpc) is 2.71. The molecule has 1 aromatic carbocycles. The van der Waals surface area contributed by atoms with Gasteiger partial charge in [-0.3, -0.25) is 0 Å². The largest absolute Gasteiger partial charge is 0.495 e. The zero-order valence-corrected chi connectivity index (χ0v) is 14.3. The summed E-state index contributed by atoms with van der Waals surface area (Å²) in [7, 11) is 1.65. The number of hydrogen-bond donors (Lipinski definition) is 1. The van der Waals surface area contributed by atoms with Gasteiger partial charge in [0.1, 0.15) is 5.75 Å². The van der Waals surface area contributed by atoms with Gasteiger partial charge in [-0.15, -0.1) is 0 Å². The molecule has 5 unspecified atom stereocenters. The summed E-state index contributed by atoms with van der Waals surface area (Å²) in [6, 6.07) is 6.28. The topological polar surface area (TPSA) is 30.5 Å². The fraction of sp³-hybridized carbons (Fsp3) is 0.647. The highest BCUT2D eigenvalue weighted by atomic mass is 35.5. The van der Waals surface area contributed by atoms with Crippen LogP contribution in [-0.2, 0) is 4.74 Å². The second kappa shape index (κ2) is 6.99. The molecule has 0 aromatic heterocycles. The lowest BCUT2D eigenvalue weighted by atomic mass is 9.80. The van der Waals surface area contributed by atoms with Gasteiger partial charge in [0.25, 0.3) is 0 Å². The first kappa shape index (κ1) is 16.6. The number of benzene rings is 1. The molecule has 2 rings (SSSR count). The molecule has 21 heavy (non-hydrogen) atoms. The summed E-state index contributed by atoms with van der Waals surface area (Å²) in [5, 5.41) is 4.26. The van der Waals surface area contributed by atoms with E-state index in [2.05, 4.69) is 39.1 Å². The molecule has 4 heteroatoms. The molecule has 1 heterocycles. The standard InChI is InChI=1S/C17H26ClNO2/c1-6-19-17(16-10(2)11(3)21-12(16)4)13-7-8-14(18)15(9-13)20-5/h7-12,16-17,19H,6H2,1-5H3. The zero-order valence-electron chi connectivity index (χ0n) is 13.5. The summed E-state index contributed by atoms with van der Waals surface area (Å²) in [4.78, 5) is 0. The van der Waals surface area contributed by atoms with Gasteiger partial charge in [-0.25, -0.2) is 0 Å². The van der Waals surface area contributed by atoms with Gasteiger partial charge in [0.2, 0.25) is 0 Å². The van der Waals surface area contributed by atoms with Crippen LogP contribution in [0.15, 0.2) is 18.2 Å². The summed E-state index contributed by atoms with van der Waals surface area (Å²) in [5.41, 5.74) is 1.21. The molecular formula is C17H26ClNO2. The van der Waals surface area contributed by atoms with Crippen LogP contribution in [0.3, 0.4) is 0 Å². The van der Waals surface area contributed by atoms with Gasteiger partial charge in [-0.2, -0.15) is 0 Å². The fourth-order valence-corrected chi connectivity index (χ4v) is 3.63. The van der Waals surface area contributed by atoms with Crippen LogP contribution >= 0.6 is 11.6 Å². The Balaban J connectivity index is 2.34. The molecule has 1 N–H and O–H groups in total. The smallest absolute Gasteiger partial charge is 0.137 e. The van der Waals surface area contributed by atoms with E-state index in [1.165, 1.54) is 5.56 Å². The molecule has 1 saturated heterocycles. The highest BCUT2D eigenvalue weighted by Gasteiger charge is 2.42. The summed E-state index contributed by atoms with van der Waals surface area (Å²) < 4.78 is 11.4. The number of ether oxygens (including phenoxy) is 2. The van der Waals surface area contributed by atoms with Gasteiger partial charge < -0.3 is 14.8 Å². The van der Waals surface area contributed by atoms with Gasteiger partial charge in [-0.1, -0.05) is 31.5 Å². The number of nitrogens with one attached hydrogen (secondary N) is 1. The Kier molecular flexibility index (Phi) is 5.53. The van der Waals surface area contributed by atoms with Gasteiger partial charge in [0, 0.05) is 12.0 Å². The Hall–Kier alpha value is -0.770. The van der Waals surface area contributed by atoms with Crippen molar-refractivity contribution in [1.82, 2.24) is 5.32 Å². The third-order valence-corrected chi connectivity index (χ3v) is 4.97. The quantitative estimate of drug-likeness (QED) is 0.889. The SMILES string of the molecule is CCNC(c1ccc(Cl)c(OC)c1)C1C(C)OC(C)C1C. The van der Waals surface area contributed by atoms with Crippen LogP contribution in [0.5, 0.6) is 5.75 Å². The minimum atomic E-state index is 0.237. The molecule has 0 radical (unpaired) electrons. The first-order chi connectivity index (χ1) is 9.99. The van der Waals surface area contributed by atoms with Crippen molar-refractivity contribution in [3.8, 4) is 5.75 Å². The number of rotatable bonds is 5. The number of methoxy groups -OCH3 is 1. The highest BCUT2D eigenvalue weighted by molar-refractivity contribution is 6.32. The molecule has 1 aliphatic heterocycles. The second-order valence-corrected chi connectivity index (χ2v) is 6.32.